The molecule has 1 aromatic rings. The maximum atomic E-state index is 11.9. The van der Waals surface area contributed by atoms with Crippen LogP contribution in [-0.2, 0) is 9.59 Å². The second kappa shape index (κ2) is 9.38. The molecule has 1 atom stereocenters. The number of rotatable bonds is 8. The molecule has 0 saturated carbocycles. The Kier molecular flexibility index (Phi) is 6.94. The average molecular weight is 379 g/mol. The lowest BCUT2D eigenvalue weighted by molar-refractivity contribution is -0.124. The molecule has 1 aliphatic rings. The van der Waals surface area contributed by atoms with Gasteiger partial charge >= 0.3 is 6.03 Å². The van der Waals surface area contributed by atoms with Crippen molar-refractivity contribution >= 4 is 24.1 Å². The van der Waals surface area contributed by atoms with Crippen LogP contribution in [0.25, 0.3) is 0 Å². The van der Waals surface area contributed by atoms with Crippen molar-refractivity contribution in [3.63, 3.8) is 0 Å². The highest BCUT2D eigenvalue weighted by molar-refractivity contribution is 5.99. The fourth-order valence-electron chi connectivity index (χ4n) is 2.34. The van der Waals surface area contributed by atoms with Gasteiger partial charge in [-0.25, -0.2) is 15.6 Å². The summed E-state index contributed by atoms with van der Waals surface area (Å²) in [6, 6.07) is 2.04. The lowest BCUT2D eigenvalue weighted by Gasteiger charge is -2.22. The Bertz CT molecular complexity index is 726. The van der Waals surface area contributed by atoms with Crippen molar-refractivity contribution in [3.05, 3.63) is 17.7 Å². The Hall–Kier alpha value is -3.34. The van der Waals surface area contributed by atoms with Crippen LogP contribution < -0.4 is 35.8 Å². The molecule has 0 aromatic heterocycles. The summed E-state index contributed by atoms with van der Waals surface area (Å²) in [5.41, 5.74) is 7.78. The second-order valence-electron chi connectivity index (χ2n) is 5.43. The van der Waals surface area contributed by atoms with Crippen molar-refractivity contribution in [2.45, 2.75) is 18.9 Å². The van der Waals surface area contributed by atoms with Crippen LogP contribution in [0.1, 0.15) is 18.4 Å². The smallest absolute Gasteiger partial charge is 0.335 e. The zero-order valence-corrected chi connectivity index (χ0v) is 15.1. The SMILES string of the molecule is COc1cc(/C=N/NC(=O)CCC2NNC(=O)NC2=O)cc(OC)c1OC. The number of hydrazone groups is 1. The molecule has 1 unspecified atom stereocenters. The number of nitrogens with zero attached hydrogens (tertiary/aromatic N) is 1. The van der Waals surface area contributed by atoms with Gasteiger partial charge in [-0.3, -0.25) is 20.3 Å². The largest absolute Gasteiger partial charge is 0.493 e. The van der Waals surface area contributed by atoms with Crippen molar-refractivity contribution in [2.75, 3.05) is 21.3 Å². The summed E-state index contributed by atoms with van der Waals surface area (Å²) in [4.78, 5) is 34.3. The van der Waals surface area contributed by atoms with Crippen molar-refractivity contribution in [1.82, 2.24) is 21.6 Å². The molecule has 1 fully saturated rings. The number of imide groups is 1. The van der Waals surface area contributed by atoms with Crippen LogP contribution in [0.2, 0.25) is 0 Å². The number of methoxy groups -OCH3 is 3. The Morgan fingerprint density at radius 2 is 1.85 bits per heavy atom. The summed E-state index contributed by atoms with van der Waals surface area (Å²) in [7, 11) is 4.50. The highest BCUT2D eigenvalue weighted by Crippen LogP contribution is 2.37. The first kappa shape index (κ1) is 20.0. The minimum absolute atomic E-state index is 0.0353. The topological polar surface area (TPSA) is 139 Å². The summed E-state index contributed by atoms with van der Waals surface area (Å²) in [6.45, 7) is 0. The maximum absolute atomic E-state index is 11.9. The van der Waals surface area contributed by atoms with Crippen LogP contribution in [0, 0.1) is 0 Å². The predicted octanol–water partition coefficient (Wildman–Crippen LogP) is -0.345. The molecule has 0 spiro atoms. The maximum Gasteiger partial charge on any atom is 0.335 e. The molecule has 0 aliphatic carbocycles. The van der Waals surface area contributed by atoms with Crippen molar-refractivity contribution in [2.24, 2.45) is 5.10 Å². The minimum Gasteiger partial charge on any atom is -0.493 e. The van der Waals surface area contributed by atoms with Crippen molar-refractivity contribution in [3.8, 4) is 17.2 Å². The molecule has 1 aliphatic heterocycles. The van der Waals surface area contributed by atoms with Gasteiger partial charge in [-0.1, -0.05) is 0 Å². The number of nitrogens with one attached hydrogen (secondary N) is 4. The van der Waals surface area contributed by atoms with E-state index < -0.39 is 18.0 Å². The average Bonchev–Trinajstić information content (AvgIpc) is 2.66. The van der Waals surface area contributed by atoms with Crippen LogP contribution in [0.3, 0.4) is 0 Å². The molecule has 27 heavy (non-hydrogen) atoms. The van der Waals surface area contributed by atoms with Gasteiger partial charge in [-0.2, -0.15) is 5.10 Å². The number of hydrogen-bond acceptors (Lipinski definition) is 8. The molecule has 11 nitrogen and oxygen atoms in total. The lowest BCUT2D eigenvalue weighted by atomic mass is 10.1. The van der Waals surface area contributed by atoms with Gasteiger partial charge in [0, 0.05) is 12.0 Å². The summed E-state index contributed by atoms with van der Waals surface area (Å²) in [5.74, 6) is 0.492. The number of carbonyl (C=O) groups excluding carboxylic acids is 3. The van der Waals surface area contributed by atoms with Gasteiger partial charge in [-0.15, -0.1) is 0 Å². The van der Waals surface area contributed by atoms with Gasteiger partial charge in [0.2, 0.25) is 17.6 Å². The molecular weight excluding hydrogens is 358 g/mol. The molecule has 1 heterocycles. The monoisotopic (exact) mass is 379 g/mol. The Labute approximate surface area is 155 Å². The van der Waals surface area contributed by atoms with Crippen LogP contribution in [0.4, 0.5) is 4.79 Å². The fraction of sp³-hybridized carbons (Fsp3) is 0.375. The highest BCUT2D eigenvalue weighted by Gasteiger charge is 2.25. The van der Waals surface area contributed by atoms with E-state index in [1.54, 1.807) is 12.1 Å². The molecule has 0 radical (unpaired) electrons. The van der Waals surface area contributed by atoms with Crippen LogP contribution in [-0.4, -0.2) is 51.4 Å². The standard InChI is InChI=1S/C16H21N5O6/c1-25-11-6-9(7-12(26-2)14(11)27-3)8-17-20-13(22)5-4-10-15(23)18-16(24)21-19-10/h6-8,10,19H,4-5H2,1-3H3,(H,20,22)(H2,18,21,23,24)/b17-8+. The van der Waals surface area contributed by atoms with E-state index in [9.17, 15) is 14.4 Å². The Morgan fingerprint density at radius 3 is 2.41 bits per heavy atom. The fourth-order valence-corrected chi connectivity index (χ4v) is 2.34. The molecule has 4 N–H and O–H groups in total. The van der Waals surface area contributed by atoms with E-state index in [2.05, 4.69) is 26.7 Å². The summed E-state index contributed by atoms with van der Waals surface area (Å²) in [5, 5.41) is 5.98. The van der Waals surface area contributed by atoms with E-state index in [1.165, 1.54) is 27.5 Å². The number of amides is 4. The third-order valence-corrected chi connectivity index (χ3v) is 3.66. The first-order valence-corrected chi connectivity index (χ1v) is 7.96. The number of hydrogen-bond donors (Lipinski definition) is 4. The van der Waals surface area contributed by atoms with Crippen LogP contribution in [0.5, 0.6) is 17.2 Å². The molecule has 11 heteroatoms. The summed E-state index contributed by atoms with van der Waals surface area (Å²) < 4.78 is 15.7. The van der Waals surface area contributed by atoms with Gasteiger partial charge in [0.15, 0.2) is 11.5 Å². The Morgan fingerprint density at radius 1 is 1.19 bits per heavy atom. The van der Waals surface area contributed by atoms with E-state index in [0.717, 1.165) is 0 Å². The third-order valence-electron chi connectivity index (χ3n) is 3.66. The van der Waals surface area contributed by atoms with Gasteiger partial charge < -0.3 is 14.2 Å². The Balaban J connectivity index is 1.90. The van der Waals surface area contributed by atoms with E-state index in [1.807, 2.05) is 0 Å². The summed E-state index contributed by atoms with van der Waals surface area (Å²) >= 11 is 0. The first-order valence-electron chi connectivity index (χ1n) is 7.96. The van der Waals surface area contributed by atoms with Gasteiger partial charge in [0.1, 0.15) is 6.04 Å². The number of carbonyl (C=O) groups is 3. The minimum atomic E-state index is -0.687. The van der Waals surface area contributed by atoms with Crippen molar-refractivity contribution < 1.29 is 28.6 Å². The molecular formula is C16H21N5O6. The zero-order chi connectivity index (χ0) is 19.8. The third kappa shape index (κ3) is 5.31. The van der Waals surface area contributed by atoms with E-state index in [4.69, 9.17) is 14.2 Å². The molecule has 146 valence electrons. The van der Waals surface area contributed by atoms with E-state index in [0.29, 0.717) is 22.8 Å². The number of ether oxygens (including phenoxy) is 3. The lowest BCUT2D eigenvalue weighted by Crippen LogP contribution is -2.62. The molecule has 0 bridgehead atoms. The molecule has 4 amide bonds. The van der Waals surface area contributed by atoms with Crippen molar-refractivity contribution in [1.29, 1.82) is 0 Å². The van der Waals surface area contributed by atoms with Gasteiger partial charge in [-0.05, 0) is 18.6 Å². The van der Waals surface area contributed by atoms with Gasteiger partial charge in [0.05, 0.1) is 27.5 Å². The normalized spacial score (nSPS) is 16.5. The number of urea groups is 1. The second-order valence-corrected chi connectivity index (χ2v) is 5.43. The zero-order valence-electron chi connectivity index (χ0n) is 15.1. The first-order chi connectivity index (χ1) is 13.0. The predicted molar refractivity (Wildman–Crippen MR) is 94.7 cm³/mol. The highest BCUT2D eigenvalue weighted by atomic mass is 16.5. The quantitative estimate of drug-likeness (QED) is 0.358. The molecule has 1 aromatic carbocycles. The molecule has 1 saturated heterocycles. The van der Waals surface area contributed by atoms with Gasteiger partial charge in [0.25, 0.3) is 0 Å². The van der Waals surface area contributed by atoms with Crippen LogP contribution in [0.15, 0.2) is 17.2 Å². The van der Waals surface area contributed by atoms with E-state index >= 15 is 0 Å². The van der Waals surface area contributed by atoms with E-state index in [-0.39, 0.29) is 18.7 Å². The molecule has 2 rings (SSSR count). The van der Waals surface area contributed by atoms with Crippen LogP contribution >= 0.6 is 0 Å². The summed E-state index contributed by atoms with van der Waals surface area (Å²) in [6.07, 6.45) is 1.65. The number of benzene rings is 1. The number of hydrazine groups is 1.